The first-order valence-corrected chi connectivity index (χ1v) is 7.35. The first-order chi connectivity index (χ1) is 7.69. The van der Waals surface area contributed by atoms with Gasteiger partial charge in [0.25, 0.3) is 15.9 Å². The first-order valence-electron chi connectivity index (χ1n) is 4.74. The van der Waals surface area contributed by atoms with Crippen molar-refractivity contribution < 1.29 is 13.2 Å². The summed E-state index contributed by atoms with van der Waals surface area (Å²) in [5, 5.41) is 0.371. The molecule has 0 spiro atoms. The summed E-state index contributed by atoms with van der Waals surface area (Å²) in [6, 6.07) is 4.65. The van der Waals surface area contributed by atoms with Gasteiger partial charge in [0.2, 0.25) is 0 Å². The molecule has 0 aliphatic carbocycles. The van der Waals surface area contributed by atoms with Crippen LogP contribution in [0.2, 0.25) is 5.02 Å². The van der Waals surface area contributed by atoms with Gasteiger partial charge in [-0.25, -0.2) is 12.7 Å². The summed E-state index contributed by atoms with van der Waals surface area (Å²) in [4.78, 5) is 11.8. The van der Waals surface area contributed by atoms with Crippen molar-refractivity contribution in [2.45, 2.75) is 18.6 Å². The summed E-state index contributed by atoms with van der Waals surface area (Å²) < 4.78 is 23.9. The van der Waals surface area contributed by atoms with E-state index in [0.717, 1.165) is 4.31 Å². The van der Waals surface area contributed by atoms with Crippen molar-refractivity contribution in [3.63, 3.8) is 0 Å². The van der Waals surface area contributed by atoms with Crippen LogP contribution in [0.3, 0.4) is 0 Å². The molecule has 0 bridgehead atoms. The third-order valence-electron chi connectivity index (χ3n) is 2.71. The van der Waals surface area contributed by atoms with E-state index in [2.05, 4.69) is 15.9 Å². The minimum Gasteiger partial charge on any atom is -0.272 e. The van der Waals surface area contributed by atoms with Crippen LogP contribution < -0.4 is 4.31 Å². The lowest BCUT2D eigenvalue weighted by Gasteiger charge is -2.43. The molecule has 7 heteroatoms. The van der Waals surface area contributed by atoms with Gasteiger partial charge in [-0.1, -0.05) is 11.6 Å². The molecule has 1 heterocycles. The molecule has 1 fully saturated rings. The molecular weight excluding hydrogens is 330 g/mol. The van der Waals surface area contributed by atoms with E-state index in [1.165, 1.54) is 19.9 Å². The molecule has 1 aliphatic heterocycles. The van der Waals surface area contributed by atoms with Crippen molar-refractivity contribution in [3.8, 4) is 0 Å². The van der Waals surface area contributed by atoms with E-state index in [4.69, 9.17) is 11.6 Å². The van der Waals surface area contributed by atoms with E-state index < -0.39 is 20.7 Å². The second-order valence-electron chi connectivity index (χ2n) is 4.18. The second-order valence-corrected chi connectivity index (χ2v) is 7.81. The Morgan fingerprint density at radius 2 is 1.94 bits per heavy atom. The van der Waals surface area contributed by atoms with Crippen molar-refractivity contribution in [1.82, 2.24) is 0 Å². The number of hydrogen-bond donors (Lipinski definition) is 0. The highest BCUT2D eigenvalue weighted by molar-refractivity contribution is 9.10. The molecule has 1 aromatic rings. The largest absolute Gasteiger partial charge is 0.272 e. The standard InChI is InChI=1S/C10H9BrClNO3S/c1-10(2)9(14)13(17(10,15)16)8-5-6(12)3-4-7(8)11/h3-5H,1-2H3. The van der Waals surface area contributed by atoms with Gasteiger partial charge in [0.15, 0.2) is 4.75 Å². The molecule has 92 valence electrons. The van der Waals surface area contributed by atoms with Crippen molar-refractivity contribution >= 4 is 49.1 Å². The molecule has 0 aromatic heterocycles. The topological polar surface area (TPSA) is 54.5 Å². The third-order valence-corrected chi connectivity index (χ3v) is 5.93. The van der Waals surface area contributed by atoms with E-state index in [-0.39, 0.29) is 5.69 Å². The fraction of sp³-hybridized carbons (Fsp3) is 0.300. The molecular formula is C10H9BrClNO3S. The average Bonchev–Trinajstić information content (AvgIpc) is 2.22. The SMILES string of the molecule is CC1(C)C(=O)N(c2cc(Cl)ccc2Br)S1(=O)=O. The van der Waals surface area contributed by atoms with Crippen LogP contribution in [0, 0.1) is 0 Å². The Kier molecular flexibility index (Phi) is 2.80. The van der Waals surface area contributed by atoms with Crippen LogP contribution in [0.1, 0.15) is 13.8 Å². The normalized spacial score (nSPS) is 21.2. The maximum Gasteiger partial charge on any atom is 0.263 e. The van der Waals surface area contributed by atoms with Crippen LogP contribution in [0.5, 0.6) is 0 Å². The van der Waals surface area contributed by atoms with Crippen molar-refractivity contribution in [1.29, 1.82) is 0 Å². The molecule has 1 saturated heterocycles. The number of benzene rings is 1. The van der Waals surface area contributed by atoms with Crippen LogP contribution in [0.25, 0.3) is 0 Å². The van der Waals surface area contributed by atoms with Crippen LogP contribution in [0.4, 0.5) is 5.69 Å². The highest BCUT2D eigenvalue weighted by atomic mass is 79.9. The minimum absolute atomic E-state index is 0.252. The predicted molar refractivity (Wildman–Crippen MR) is 69.6 cm³/mol. The number of nitrogens with zero attached hydrogens (tertiary/aromatic N) is 1. The van der Waals surface area contributed by atoms with E-state index in [9.17, 15) is 13.2 Å². The Bertz CT molecular complexity index is 612. The van der Waals surface area contributed by atoms with Gasteiger partial charge in [-0.15, -0.1) is 0 Å². The molecule has 0 radical (unpaired) electrons. The van der Waals surface area contributed by atoms with Crippen molar-refractivity contribution in [2.24, 2.45) is 0 Å². The summed E-state index contributed by atoms with van der Waals surface area (Å²) in [7, 11) is -3.65. The molecule has 2 rings (SSSR count). The number of rotatable bonds is 1. The van der Waals surface area contributed by atoms with Gasteiger partial charge in [-0.05, 0) is 48.0 Å². The van der Waals surface area contributed by atoms with Gasteiger partial charge in [-0.3, -0.25) is 4.79 Å². The Morgan fingerprint density at radius 3 is 2.47 bits per heavy atom. The molecule has 1 aromatic carbocycles. The molecule has 0 N–H and O–H groups in total. The minimum atomic E-state index is -3.65. The average molecular weight is 339 g/mol. The first kappa shape index (κ1) is 12.9. The van der Waals surface area contributed by atoms with Gasteiger partial charge >= 0.3 is 0 Å². The van der Waals surface area contributed by atoms with Crippen molar-refractivity contribution in [3.05, 3.63) is 27.7 Å². The highest BCUT2D eigenvalue weighted by Crippen LogP contribution is 2.42. The quantitative estimate of drug-likeness (QED) is 0.791. The maximum absolute atomic E-state index is 12.0. The van der Waals surface area contributed by atoms with E-state index in [1.807, 2.05) is 0 Å². The summed E-state index contributed by atoms with van der Waals surface area (Å²) in [5.74, 6) is -0.458. The fourth-order valence-electron chi connectivity index (χ4n) is 1.53. The zero-order chi connectivity index (χ0) is 13.0. The van der Waals surface area contributed by atoms with Crippen LogP contribution in [0.15, 0.2) is 22.7 Å². The summed E-state index contributed by atoms with van der Waals surface area (Å²) >= 11 is 9.01. The predicted octanol–water partition coefficient (Wildman–Crippen LogP) is 2.56. The van der Waals surface area contributed by atoms with Crippen LogP contribution in [-0.4, -0.2) is 19.1 Å². The number of carbonyl (C=O) groups is 1. The van der Waals surface area contributed by atoms with E-state index >= 15 is 0 Å². The Hall–Kier alpha value is -0.590. The van der Waals surface area contributed by atoms with Crippen molar-refractivity contribution in [2.75, 3.05) is 4.31 Å². The number of sulfonamides is 1. The molecule has 4 nitrogen and oxygen atoms in total. The Balaban J connectivity index is 2.58. The van der Waals surface area contributed by atoms with Gasteiger partial charge in [0.05, 0.1) is 5.69 Å². The Morgan fingerprint density at radius 1 is 1.35 bits per heavy atom. The zero-order valence-electron chi connectivity index (χ0n) is 9.07. The number of anilines is 1. The Labute approximate surface area is 113 Å². The number of halogens is 2. The smallest absolute Gasteiger partial charge is 0.263 e. The van der Waals surface area contributed by atoms with E-state index in [1.54, 1.807) is 12.1 Å². The fourth-order valence-corrected chi connectivity index (χ4v) is 3.73. The molecule has 1 aliphatic rings. The molecule has 0 atom stereocenters. The number of carbonyl (C=O) groups excluding carboxylic acids is 1. The van der Waals surface area contributed by atoms with E-state index in [0.29, 0.717) is 9.50 Å². The summed E-state index contributed by atoms with van der Waals surface area (Å²) in [6.07, 6.45) is 0. The lowest BCUT2D eigenvalue weighted by molar-refractivity contribution is -0.120. The number of amides is 1. The zero-order valence-corrected chi connectivity index (χ0v) is 12.2. The molecule has 0 unspecified atom stereocenters. The van der Waals surface area contributed by atoms with Crippen LogP contribution in [-0.2, 0) is 14.8 Å². The van der Waals surface area contributed by atoms with Gasteiger partial charge in [0, 0.05) is 9.50 Å². The second kappa shape index (κ2) is 3.70. The lowest BCUT2D eigenvalue weighted by Crippen LogP contribution is -2.67. The maximum atomic E-state index is 12.0. The lowest BCUT2D eigenvalue weighted by atomic mass is 10.1. The highest BCUT2D eigenvalue weighted by Gasteiger charge is 2.61. The molecule has 1 amide bonds. The van der Waals surface area contributed by atoms with Gasteiger partial charge in [0.1, 0.15) is 0 Å². The number of hydrogen-bond acceptors (Lipinski definition) is 3. The molecule has 0 saturated carbocycles. The summed E-state index contributed by atoms with van der Waals surface area (Å²) in [6.45, 7) is 2.78. The van der Waals surface area contributed by atoms with Gasteiger partial charge < -0.3 is 0 Å². The third kappa shape index (κ3) is 1.62. The molecule has 17 heavy (non-hydrogen) atoms. The van der Waals surface area contributed by atoms with Gasteiger partial charge in [-0.2, -0.15) is 0 Å². The summed E-state index contributed by atoms with van der Waals surface area (Å²) in [5.41, 5.74) is 0.252. The van der Waals surface area contributed by atoms with Crippen LogP contribution >= 0.6 is 27.5 Å². The monoisotopic (exact) mass is 337 g/mol.